The van der Waals surface area contributed by atoms with E-state index in [9.17, 15) is 4.79 Å². The molecule has 2 heterocycles. The van der Waals surface area contributed by atoms with Crippen LogP contribution in [0.15, 0.2) is 42.5 Å². The van der Waals surface area contributed by atoms with Gasteiger partial charge in [-0.05, 0) is 85.3 Å². The van der Waals surface area contributed by atoms with Gasteiger partial charge in [-0.15, -0.1) is 0 Å². The third kappa shape index (κ3) is 5.40. The third-order valence-electron chi connectivity index (χ3n) is 5.97. The number of aryl methyl sites for hydroxylation is 1. The molecule has 32 heavy (non-hydrogen) atoms. The van der Waals surface area contributed by atoms with Gasteiger partial charge in [0.15, 0.2) is 0 Å². The van der Waals surface area contributed by atoms with Crippen molar-refractivity contribution >= 4 is 45.9 Å². The molecule has 1 aromatic heterocycles. The molecular weight excluding hydrogens is 440 g/mol. The van der Waals surface area contributed by atoms with Crippen LogP contribution in [0.5, 0.6) is 0 Å². The zero-order valence-electron chi connectivity index (χ0n) is 18.0. The summed E-state index contributed by atoms with van der Waals surface area (Å²) in [6.45, 7) is 2.84. The topological polar surface area (TPSA) is 71.9 Å². The Balaban J connectivity index is 1.39. The Labute approximate surface area is 198 Å². The first kappa shape index (κ1) is 22.6. The van der Waals surface area contributed by atoms with Crippen LogP contribution in [0, 0.1) is 10.7 Å². The van der Waals surface area contributed by atoms with Crippen LogP contribution in [0.1, 0.15) is 40.9 Å². The Hall–Kier alpha value is -2.62. The summed E-state index contributed by atoms with van der Waals surface area (Å²) >= 11 is 7.37. The van der Waals surface area contributed by atoms with Crippen LogP contribution in [-0.2, 0) is 12.8 Å². The minimum atomic E-state index is -0.126. The predicted molar refractivity (Wildman–Crippen MR) is 134 cm³/mol. The molecule has 0 radical (unpaired) electrons. The minimum Gasteiger partial charge on any atom is -0.372 e. The molecule has 0 spiro atoms. The second-order valence-electron chi connectivity index (χ2n) is 8.08. The fraction of sp³-hybridized carbons (Fsp3) is 0.360. The summed E-state index contributed by atoms with van der Waals surface area (Å²) in [7, 11) is 0. The van der Waals surface area contributed by atoms with Crippen molar-refractivity contribution in [1.82, 2.24) is 10.3 Å². The molecule has 1 aliphatic heterocycles. The van der Waals surface area contributed by atoms with Crippen molar-refractivity contribution in [3.8, 4) is 5.40 Å². The summed E-state index contributed by atoms with van der Waals surface area (Å²) in [5.74, 6) is 0.499. The van der Waals surface area contributed by atoms with E-state index in [1.807, 2.05) is 18.2 Å². The fourth-order valence-corrected chi connectivity index (χ4v) is 4.88. The molecule has 0 aliphatic carbocycles. The van der Waals surface area contributed by atoms with Crippen molar-refractivity contribution < 1.29 is 4.79 Å². The highest BCUT2D eigenvalue weighted by atomic mass is 35.5. The monoisotopic (exact) mass is 466 g/mol. The van der Waals surface area contributed by atoms with Gasteiger partial charge in [0, 0.05) is 47.0 Å². The summed E-state index contributed by atoms with van der Waals surface area (Å²) in [5.41, 5.74) is 4.84. The van der Waals surface area contributed by atoms with Gasteiger partial charge in [-0.2, -0.15) is 5.26 Å². The van der Waals surface area contributed by atoms with Crippen LogP contribution in [0.3, 0.4) is 0 Å². The van der Waals surface area contributed by atoms with Gasteiger partial charge in [0.2, 0.25) is 0 Å². The standard InChI is InChI=1S/C25H27ClN4OS/c26-19-6-9-23-22(16-19)21(11-15-32-17-27)24(29-23)25(31)28-12-10-18-4-7-20(8-5-18)30-13-2-1-3-14-30/h4-9,16,29H,1-3,10-15H2,(H,28,31). The first-order chi connectivity index (χ1) is 15.7. The van der Waals surface area contributed by atoms with E-state index in [2.05, 4.69) is 44.9 Å². The first-order valence-electron chi connectivity index (χ1n) is 11.1. The van der Waals surface area contributed by atoms with E-state index in [-0.39, 0.29) is 5.91 Å². The van der Waals surface area contributed by atoms with Crippen LogP contribution in [-0.4, -0.2) is 36.3 Å². The van der Waals surface area contributed by atoms with E-state index >= 15 is 0 Å². The summed E-state index contributed by atoms with van der Waals surface area (Å²) in [4.78, 5) is 18.6. The molecule has 1 amide bonds. The molecular formula is C25H27ClN4OS. The number of amides is 1. The number of aromatic amines is 1. The molecule has 3 aromatic rings. The van der Waals surface area contributed by atoms with Crippen molar-refractivity contribution in [2.75, 3.05) is 30.3 Å². The lowest BCUT2D eigenvalue weighted by Gasteiger charge is -2.28. The molecule has 166 valence electrons. The molecule has 0 saturated carbocycles. The summed E-state index contributed by atoms with van der Waals surface area (Å²) in [6, 6.07) is 14.3. The number of hydrogen-bond donors (Lipinski definition) is 2. The number of thiocyanates is 1. The Morgan fingerprint density at radius 3 is 2.66 bits per heavy atom. The number of H-pyrrole nitrogens is 1. The number of nitrogens with zero attached hydrogens (tertiary/aromatic N) is 2. The van der Waals surface area contributed by atoms with Crippen LogP contribution in [0.25, 0.3) is 10.9 Å². The highest BCUT2D eigenvalue weighted by Crippen LogP contribution is 2.27. The number of rotatable bonds is 8. The Kier molecular flexibility index (Phi) is 7.62. The Morgan fingerprint density at radius 1 is 1.12 bits per heavy atom. The number of anilines is 1. The van der Waals surface area contributed by atoms with Gasteiger partial charge in [0.25, 0.3) is 5.91 Å². The van der Waals surface area contributed by atoms with Crippen molar-refractivity contribution in [2.45, 2.75) is 32.1 Å². The summed E-state index contributed by atoms with van der Waals surface area (Å²) in [6.07, 6.45) is 5.27. The second kappa shape index (κ2) is 10.8. The van der Waals surface area contributed by atoms with Gasteiger partial charge in [-0.3, -0.25) is 4.79 Å². The number of piperidine rings is 1. The van der Waals surface area contributed by atoms with Crippen molar-refractivity contribution in [3.05, 3.63) is 64.3 Å². The number of fused-ring (bicyclic) bond motifs is 1. The van der Waals surface area contributed by atoms with Gasteiger partial charge in [0.05, 0.1) is 0 Å². The number of thioether (sulfide) groups is 1. The highest BCUT2D eigenvalue weighted by Gasteiger charge is 2.18. The zero-order valence-corrected chi connectivity index (χ0v) is 19.6. The van der Waals surface area contributed by atoms with E-state index in [4.69, 9.17) is 16.9 Å². The van der Waals surface area contributed by atoms with Gasteiger partial charge >= 0.3 is 0 Å². The summed E-state index contributed by atoms with van der Waals surface area (Å²) in [5, 5.41) is 15.6. The normalized spacial score (nSPS) is 13.8. The predicted octanol–water partition coefficient (Wildman–Crippen LogP) is 5.54. The average Bonchev–Trinajstić information content (AvgIpc) is 3.18. The van der Waals surface area contributed by atoms with Crippen molar-refractivity contribution in [2.24, 2.45) is 0 Å². The fourth-order valence-electron chi connectivity index (χ4n) is 4.31. The second-order valence-corrected chi connectivity index (χ2v) is 9.39. The quantitative estimate of drug-likeness (QED) is 0.337. The number of halogens is 1. The molecule has 4 rings (SSSR count). The molecule has 2 N–H and O–H groups in total. The number of hydrogen-bond acceptors (Lipinski definition) is 4. The maximum atomic E-state index is 12.9. The number of nitrogens with one attached hydrogen (secondary N) is 2. The summed E-state index contributed by atoms with van der Waals surface area (Å²) < 4.78 is 0. The van der Waals surface area contributed by atoms with Crippen molar-refractivity contribution in [1.29, 1.82) is 5.26 Å². The lowest BCUT2D eigenvalue weighted by Crippen LogP contribution is -2.29. The number of carbonyl (C=O) groups is 1. The average molecular weight is 467 g/mol. The van der Waals surface area contributed by atoms with Crippen LogP contribution in [0.4, 0.5) is 5.69 Å². The minimum absolute atomic E-state index is 0.126. The van der Waals surface area contributed by atoms with Gasteiger partial charge < -0.3 is 15.2 Å². The molecule has 1 fully saturated rings. The van der Waals surface area contributed by atoms with Crippen LogP contribution >= 0.6 is 23.4 Å². The van der Waals surface area contributed by atoms with E-state index in [0.717, 1.165) is 36.0 Å². The van der Waals surface area contributed by atoms with E-state index in [1.54, 1.807) is 0 Å². The number of benzene rings is 2. The molecule has 0 atom stereocenters. The number of aromatic nitrogens is 1. The van der Waals surface area contributed by atoms with E-state index in [1.165, 1.54) is 42.3 Å². The Bertz CT molecular complexity index is 1110. The molecule has 0 unspecified atom stereocenters. The SMILES string of the molecule is N#CSCCc1c(C(=O)NCCc2ccc(N3CCCCC3)cc2)[nH]c2ccc(Cl)cc12. The van der Waals surface area contributed by atoms with Gasteiger partial charge in [-0.25, -0.2) is 0 Å². The third-order valence-corrected chi connectivity index (χ3v) is 6.74. The maximum absolute atomic E-state index is 12.9. The van der Waals surface area contributed by atoms with Gasteiger partial charge in [0.1, 0.15) is 11.1 Å². The molecule has 1 saturated heterocycles. The molecule has 5 nitrogen and oxygen atoms in total. The Morgan fingerprint density at radius 2 is 1.91 bits per heavy atom. The lowest BCUT2D eigenvalue weighted by molar-refractivity contribution is 0.0949. The smallest absolute Gasteiger partial charge is 0.268 e. The van der Waals surface area contributed by atoms with Gasteiger partial charge in [-0.1, -0.05) is 23.7 Å². The molecule has 2 aromatic carbocycles. The molecule has 1 aliphatic rings. The van der Waals surface area contributed by atoms with Crippen molar-refractivity contribution in [3.63, 3.8) is 0 Å². The first-order valence-corrected chi connectivity index (χ1v) is 12.4. The van der Waals surface area contributed by atoms with Crippen LogP contribution in [0.2, 0.25) is 5.02 Å². The number of carbonyl (C=O) groups excluding carboxylic acids is 1. The largest absolute Gasteiger partial charge is 0.372 e. The van der Waals surface area contributed by atoms with E-state index in [0.29, 0.717) is 29.4 Å². The van der Waals surface area contributed by atoms with E-state index < -0.39 is 0 Å². The number of nitriles is 1. The molecule has 7 heteroatoms. The highest BCUT2D eigenvalue weighted by molar-refractivity contribution is 8.03. The zero-order chi connectivity index (χ0) is 22.3. The van der Waals surface area contributed by atoms with Crippen LogP contribution < -0.4 is 10.2 Å². The molecule has 0 bridgehead atoms. The lowest BCUT2D eigenvalue weighted by atomic mass is 10.1. The maximum Gasteiger partial charge on any atom is 0.268 e.